The molecule has 3 rings (SSSR count). The van der Waals surface area contributed by atoms with Crippen LogP contribution in [-0.2, 0) is 5.41 Å². The lowest BCUT2D eigenvalue weighted by Crippen LogP contribution is -2.49. The highest BCUT2D eigenvalue weighted by Gasteiger charge is 2.49. The van der Waals surface area contributed by atoms with E-state index in [-0.39, 0.29) is 5.41 Å². The normalized spacial score (nSPS) is 23.5. The van der Waals surface area contributed by atoms with E-state index in [1.54, 1.807) is 5.57 Å². The number of halogens is 1. The zero-order chi connectivity index (χ0) is 22.8. The Balaban J connectivity index is 2.15. The van der Waals surface area contributed by atoms with E-state index in [1.807, 2.05) is 6.08 Å². The highest BCUT2D eigenvalue weighted by Crippen LogP contribution is 2.55. The molecular formula is C28H41ClOSi. The van der Waals surface area contributed by atoms with Crippen LogP contribution in [0.25, 0.3) is 0 Å². The van der Waals surface area contributed by atoms with Gasteiger partial charge in [-0.3, -0.25) is 0 Å². The maximum atomic E-state index is 6.88. The fourth-order valence-corrected chi connectivity index (χ4v) is 10.4. The summed E-state index contributed by atoms with van der Waals surface area (Å²) in [7, 11) is -1.95. The van der Waals surface area contributed by atoms with E-state index in [4.69, 9.17) is 16.3 Å². The van der Waals surface area contributed by atoms with Gasteiger partial charge in [-0.25, -0.2) is 0 Å². The van der Waals surface area contributed by atoms with E-state index >= 15 is 0 Å². The molecule has 0 spiro atoms. The van der Waals surface area contributed by atoms with Crippen LogP contribution < -0.4 is 9.92 Å². The molecule has 2 aliphatic rings. The first-order valence-electron chi connectivity index (χ1n) is 12.1. The van der Waals surface area contributed by atoms with Crippen LogP contribution in [-0.4, -0.2) is 14.7 Å². The number of hydrogen-bond donors (Lipinski definition) is 0. The molecule has 1 aromatic carbocycles. The largest absolute Gasteiger partial charge is 0.488 e. The Kier molecular flexibility index (Phi) is 7.64. The van der Waals surface area contributed by atoms with Gasteiger partial charge >= 0.3 is 0 Å². The van der Waals surface area contributed by atoms with Gasteiger partial charge in [-0.15, -0.1) is 0 Å². The number of benzene rings is 1. The number of rotatable bonds is 8. The molecule has 1 fully saturated rings. The van der Waals surface area contributed by atoms with Gasteiger partial charge in [0.05, 0.1) is 13.1 Å². The van der Waals surface area contributed by atoms with Gasteiger partial charge in [0.1, 0.15) is 12.4 Å². The van der Waals surface area contributed by atoms with Crippen LogP contribution >= 0.6 is 11.6 Å². The first-order chi connectivity index (χ1) is 14.6. The minimum absolute atomic E-state index is 0.0481. The van der Waals surface area contributed by atoms with Crippen LogP contribution in [0.5, 0.6) is 5.75 Å². The van der Waals surface area contributed by atoms with Crippen molar-refractivity contribution in [1.82, 2.24) is 0 Å². The van der Waals surface area contributed by atoms with Crippen molar-refractivity contribution >= 4 is 24.9 Å². The molecule has 0 saturated heterocycles. The first kappa shape index (κ1) is 24.4. The SMILES string of the molecule is C=CCOc1c(Cl)cc(C(C)(C)C)cc1[Si](C)(C)C1C2=CC=CCC2CC1CCCC. The molecule has 3 atom stereocenters. The van der Waals surface area contributed by atoms with Crippen LogP contribution in [0.2, 0.25) is 23.7 Å². The molecule has 31 heavy (non-hydrogen) atoms. The minimum atomic E-state index is -1.95. The molecule has 0 heterocycles. The summed E-state index contributed by atoms with van der Waals surface area (Å²) in [5.41, 5.74) is 3.70. The molecule has 1 aromatic rings. The minimum Gasteiger partial charge on any atom is -0.488 e. The third kappa shape index (κ3) is 5.06. The quantitative estimate of drug-likeness (QED) is 0.283. The zero-order valence-electron chi connectivity index (χ0n) is 20.4. The smallest absolute Gasteiger partial charge is 0.137 e. The lowest BCUT2D eigenvalue weighted by atomic mass is 9.87. The number of ether oxygens (including phenoxy) is 1. The van der Waals surface area contributed by atoms with Crippen molar-refractivity contribution in [3.63, 3.8) is 0 Å². The molecule has 1 nitrogen and oxygen atoms in total. The van der Waals surface area contributed by atoms with E-state index in [9.17, 15) is 0 Å². The summed E-state index contributed by atoms with van der Waals surface area (Å²) in [5, 5.41) is 2.14. The lowest BCUT2D eigenvalue weighted by Gasteiger charge is -2.38. The number of hydrogen-bond acceptors (Lipinski definition) is 1. The predicted molar refractivity (Wildman–Crippen MR) is 140 cm³/mol. The lowest BCUT2D eigenvalue weighted by molar-refractivity contribution is 0.365. The van der Waals surface area contributed by atoms with Crippen LogP contribution in [0.15, 0.2) is 48.6 Å². The average Bonchev–Trinajstić information content (AvgIpc) is 3.09. The van der Waals surface area contributed by atoms with Crippen molar-refractivity contribution in [3.05, 3.63) is 59.2 Å². The molecule has 170 valence electrons. The molecule has 3 heteroatoms. The van der Waals surface area contributed by atoms with E-state index in [0.717, 1.165) is 22.6 Å². The molecule has 2 aliphatic carbocycles. The van der Waals surface area contributed by atoms with Gasteiger partial charge in [0.2, 0.25) is 0 Å². The predicted octanol–water partition coefficient (Wildman–Crippen LogP) is 8.20. The molecule has 1 saturated carbocycles. The van der Waals surface area contributed by atoms with Crippen molar-refractivity contribution in [1.29, 1.82) is 0 Å². The van der Waals surface area contributed by atoms with Crippen molar-refractivity contribution in [2.45, 2.75) is 83.8 Å². The maximum Gasteiger partial charge on any atom is 0.137 e. The molecule has 0 aromatic heterocycles. The fraction of sp³-hybridized carbons (Fsp3) is 0.571. The first-order valence-corrected chi connectivity index (χ1v) is 15.5. The van der Waals surface area contributed by atoms with Gasteiger partial charge in [0, 0.05) is 0 Å². The summed E-state index contributed by atoms with van der Waals surface area (Å²) < 4.78 is 6.23. The van der Waals surface area contributed by atoms with E-state index in [2.05, 4.69) is 77.7 Å². The van der Waals surface area contributed by atoms with E-state index in [1.165, 1.54) is 42.9 Å². The van der Waals surface area contributed by atoms with Crippen molar-refractivity contribution in [2.24, 2.45) is 11.8 Å². The number of unbranched alkanes of at least 4 members (excludes halogenated alkanes) is 1. The Morgan fingerprint density at radius 2 is 2.00 bits per heavy atom. The van der Waals surface area contributed by atoms with Crippen molar-refractivity contribution < 1.29 is 4.74 Å². The molecule has 3 unspecified atom stereocenters. The zero-order valence-corrected chi connectivity index (χ0v) is 22.2. The van der Waals surface area contributed by atoms with Gasteiger partial charge in [-0.2, -0.15) is 0 Å². The summed E-state index contributed by atoms with van der Waals surface area (Å²) in [4.78, 5) is 0. The third-order valence-electron chi connectivity index (χ3n) is 7.39. The van der Waals surface area contributed by atoms with Crippen LogP contribution in [0.3, 0.4) is 0 Å². The third-order valence-corrected chi connectivity index (χ3v) is 11.8. The summed E-state index contributed by atoms with van der Waals surface area (Å²) in [6, 6.07) is 4.54. The van der Waals surface area contributed by atoms with Crippen molar-refractivity contribution in [3.8, 4) is 5.75 Å². The summed E-state index contributed by atoms with van der Waals surface area (Å²) in [6.45, 7) is 18.6. The van der Waals surface area contributed by atoms with E-state index < -0.39 is 8.07 Å². The fourth-order valence-electron chi connectivity index (χ4n) is 5.78. The maximum absolute atomic E-state index is 6.88. The van der Waals surface area contributed by atoms with E-state index in [0.29, 0.717) is 12.1 Å². The topological polar surface area (TPSA) is 9.23 Å². The number of allylic oxidation sites excluding steroid dienone is 4. The Bertz CT molecular complexity index is 858. The molecule has 0 radical (unpaired) electrons. The Labute approximate surface area is 196 Å². The second-order valence-electron chi connectivity index (χ2n) is 11.0. The summed E-state index contributed by atoms with van der Waals surface area (Å²) in [6.07, 6.45) is 15.4. The average molecular weight is 457 g/mol. The van der Waals surface area contributed by atoms with Crippen LogP contribution in [0, 0.1) is 11.8 Å². The van der Waals surface area contributed by atoms with Gasteiger partial charge in [0.25, 0.3) is 0 Å². The summed E-state index contributed by atoms with van der Waals surface area (Å²) >= 11 is 6.88. The number of fused-ring (bicyclic) bond motifs is 1. The highest BCUT2D eigenvalue weighted by atomic mass is 35.5. The standard InChI is InChI=1S/C28H41ClOSi/c1-8-10-13-21-17-20-14-11-12-15-23(20)27(21)31(6,7)25-19-22(28(3,4)5)18-24(29)26(25)30-16-9-2/h9,11-12,15,18-21,27H,2,8,10,13-14,16-17H2,1,3-7H3. The second kappa shape index (κ2) is 9.71. The highest BCUT2D eigenvalue weighted by molar-refractivity contribution is 6.92. The Morgan fingerprint density at radius 1 is 1.26 bits per heavy atom. The van der Waals surface area contributed by atoms with Gasteiger partial charge < -0.3 is 4.74 Å². The molecular weight excluding hydrogens is 416 g/mol. The Morgan fingerprint density at radius 3 is 2.65 bits per heavy atom. The molecule has 0 aliphatic heterocycles. The second-order valence-corrected chi connectivity index (χ2v) is 16.1. The van der Waals surface area contributed by atoms with Gasteiger partial charge in [0.15, 0.2) is 0 Å². The molecule has 0 N–H and O–H groups in total. The monoisotopic (exact) mass is 456 g/mol. The van der Waals surface area contributed by atoms with Crippen molar-refractivity contribution in [2.75, 3.05) is 6.61 Å². The van der Waals surface area contributed by atoms with Gasteiger partial charge in [-0.1, -0.05) is 114 Å². The van der Waals surface area contributed by atoms with Crippen LogP contribution in [0.4, 0.5) is 0 Å². The summed E-state index contributed by atoms with van der Waals surface area (Å²) in [5.74, 6) is 2.39. The molecule has 0 amide bonds. The molecule has 0 bridgehead atoms. The Hall–Kier alpha value is -1.25. The van der Waals surface area contributed by atoms with Gasteiger partial charge in [-0.05, 0) is 52.5 Å². The van der Waals surface area contributed by atoms with Crippen LogP contribution in [0.1, 0.15) is 65.4 Å².